The molecule has 0 saturated carbocycles. The Morgan fingerprint density at radius 3 is 2.81 bits per heavy atom. The highest BCUT2D eigenvalue weighted by molar-refractivity contribution is 5.48. The van der Waals surface area contributed by atoms with Gasteiger partial charge in [-0.25, -0.2) is 9.97 Å². The molecular formula is C15H18N4O2. The van der Waals surface area contributed by atoms with Crippen molar-refractivity contribution in [2.75, 3.05) is 17.8 Å². The third-order valence-electron chi connectivity index (χ3n) is 3.19. The van der Waals surface area contributed by atoms with E-state index in [0.29, 0.717) is 12.4 Å². The molecule has 3 N–H and O–H groups in total. The summed E-state index contributed by atoms with van der Waals surface area (Å²) in [5.74, 6) is 3.74. The van der Waals surface area contributed by atoms with Gasteiger partial charge in [-0.15, -0.1) is 0 Å². The predicted molar refractivity (Wildman–Crippen MR) is 80.4 cm³/mol. The van der Waals surface area contributed by atoms with Crippen LogP contribution in [0, 0.1) is 0 Å². The summed E-state index contributed by atoms with van der Waals surface area (Å²) >= 11 is 0. The smallest absolute Gasteiger partial charge is 0.231 e. The molecule has 0 fully saturated rings. The van der Waals surface area contributed by atoms with Crippen molar-refractivity contribution in [2.45, 2.75) is 26.3 Å². The average Bonchev–Trinajstić information content (AvgIpc) is 2.92. The van der Waals surface area contributed by atoms with Gasteiger partial charge in [0.05, 0.1) is 0 Å². The number of nitrogen functional groups attached to an aromatic ring is 1. The van der Waals surface area contributed by atoms with Gasteiger partial charge >= 0.3 is 0 Å². The molecule has 6 nitrogen and oxygen atoms in total. The fourth-order valence-corrected chi connectivity index (χ4v) is 2.08. The highest BCUT2D eigenvalue weighted by Crippen LogP contribution is 2.32. The molecule has 1 aliphatic rings. The van der Waals surface area contributed by atoms with E-state index < -0.39 is 0 Å². The summed E-state index contributed by atoms with van der Waals surface area (Å²) in [5, 5.41) is 3.26. The molecule has 0 aliphatic carbocycles. The molecule has 0 bridgehead atoms. The number of nitrogens with zero attached hydrogens (tertiary/aromatic N) is 2. The standard InChI is InChI=1S/C15H18N4O2/c1-9(2)15-18-13(16)6-14(19-15)17-7-10-3-4-11-12(5-10)21-8-20-11/h3-6,9H,7-8H2,1-2H3,(H3,16,17,18,19). The molecule has 0 amide bonds. The van der Waals surface area contributed by atoms with Gasteiger partial charge in [0.15, 0.2) is 11.5 Å². The van der Waals surface area contributed by atoms with Crippen LogP contribution in [0.1, 0.15) is 31.2 Å². The summed E-state index contributed by atoms with van der Waals surface area (Å²) in [7, 11) is 0. The van der Waals surface area contributed by atoms with Crippen LogP contribution in [-0.4, -0.2) is 16.8 Å². The van der Waals surface area contributed by atoms with Crippen LogP contribution in [0.25, 0.3) is 0 Å². The summed E-state index contributed by atoms with van der Waals surface area (Å²) < 4.78 is 10.7. The molecule has 2 aromatic rings. The Morgan fingerprint density at radius 1 is 1.19 bits per heavy atom. The quantitative estimate of drug-likeness (QED) is 0.898. The number of benzene rings is 1. The van der Waals surface area contributed by atoms with Gasteiger partial charge in [-0.05, 0) is 17.7 Å². The molecule has 1 aromatic heterocycles. The number of anilines is 2. The van der Waals surface area contributed by atoms with Crippen molar-refractivity contribution in [3.05, 3.63) is 35.7 Å². The fraction of sp³-hybridized carbons (Fsp3) is 0.333. The van der Waals surface area contributed by atoms with Crippen molar-refractivity contribution in [1.82, 2.24) is 9.97 Å². The lowest BCUT2D eigenvalue weighted by Crippen LogP contribution is -2.07. The second-order valence-corrected chi connectivity index (χ2v) is 5.23. The first kappa shape index (κ1) is 13.5. The highest BCUT2D eigenvalue weighted by atomic mass is 16.7. The molecule has 0 radical (unpaired) electrons. The number of ether oxygens (including phenoxy) is 2. The Kier molecular flexibility index (Phi) is 3.51. The first-order valence-electron chi connectivity index (χ1n) is 6.88. The molecular weight excluding hydrogens is 268 g/mol. The van der Waals surface area contributed by atoms with E-state index in [1.165, 1.54) is 0 Å². The van der Waals surface area contributed by atoms with E-state index in [1.54, 1.807) is 6.07 Å². The van der Waals surface area contributed by atoms with Crippen LogP contribution >= 0.6 is 0 Å². The van der Waals surface area contributed by atoms with E-state index in [0.717, 1.165) is 28.7 Å². The molecule has 1 aliphatic heterocycles. The van der Waals surface area contributed by atoms with Crippen molar-refractivity contribution < 1.29 is 9.47 Å². The van der Waals surface area contributed by atoms with Crippen molar-refractivity contribution in [3.8, 4) is 11.5 Å². The monoisotopic (exact) mass is 286 g/mol. The van der Waals surface area contributed by atoms with Gasteiger partial charge in [-0.1, -0.05) is 19.9 Å². The van der Waals surface area contributed by atoms with Gasteiger partial charge in [-0.3, -0.25) is 0 Å². The summed E-state index contributed by atoms with van der Waals surface area (Å²) in [4.78, 5) is 8.69. The third kappa shape index (κ3) is 2.99. The van der Waals surface area contributed by atoms with Crippen LogP contribution in [0.4, 0.5) is 11.6 Å². The number of rotatable bonds is 4. The molecule has 0 saturated heterocycles. The largest absolute Gasteiger partial charge is 0.454 e. The number of nitrogens with one attached hydrogen (secondary N) is 1. The van der Waals surface area contributed by atoms with Gasteiger partial charge in [0.2, 0.25) is 6.79 Å². The number of fused-ring (bicyclic) bond motifs is 1. The van der Waals surface area contributed by atoms with Gasteiger partial charge in [-0.2, -0.15) is 0 Å². The molecule has 6 heteroatoms. The second kappa shape index (κ2) is 5.47. The lowest BCUT2D eigenvalue weighted by molar-refractivity contribution is 0.174. The van der Waals surface area contributed by atoms with Crippen molar-refractivity contribution in [2.24, 2.45) is 0 Å². The molecule has 3 rings (SSSR count). The van der Waals surface area contributed by atoms with Crippen molar-refractivity contribution >= 4 is 11.6 Å². The number of nitrogens with two attached hydrogens (primary N) is 1. The number of hydrogen-bond donors (Lipinski definition) is 2. The molecule has 2 heterocycles. The zero-order valence-corrected chi connectivity index (χ0v) is 12.1. The SMILES string of the molecule is CC(C)c1nc(N)cc(NCc2ccc3c(c2)OCO3)n1. The van der Waals surface area contributed by atoms with E-state index in [-0.39, 0.29) is 12.7 Å². The minimum atomic E-state index is 0.236. The van der Waals surface area contributed by atoms with Crippen LogP contribution in [0.5, 0.6) is 11.5 Å². The number of hydrogen-bond acceptors (Lipinski definition) is 6. The van der Waals surface area contributed by atoms with Gasteiger partial charge in [0.25, 0.3) is 0 Å². The first-order chi connectivity index (χ1) is 10.1. The van der Waals surface area contributed by atoms with E-state index in [9.17, 15) is 0 Å². The van der Waals surface area contributed by atoms with Crippen LogP contribution in [0.15, 0.2) is 24.3 Å². The Hall–Kier alpha value is -2.50. The Balaban J connectivity index is 1.73. The van der Waals surface area contributed by atoms with E-state index in [4.69, 9.17) is 15.2 Å². The Morgan fingerprint density at radius 2 is 2.00 bits per heavy atom. The van der Waals surface area contributed by atoms with Crippen LogP contribution in [0.2, 0.25) is 0 Å². The number of aromatic nitrogens is 2. The van der Waals surface area contributed by atoms with E-state index in [2.05, 4.69) is 15.3 Å². The molecule has 1 aromatic carbocycles. The average molecular weight is 286 g/mol. The summed E-state index contributed by atoms with van der Waals surface area (Å²) in [6.07, 6.45) is 0. The molecule has 0 spiro atoms. The second-order valence-electron chi connectivity index (χ2n) is 5.23. The van der Waals surface area contributed by atoms with Crippen molar-refractivity contribution in [1.29, 1.82) is 0 Å². The third-order valence-corrected chi connectivity index (χ3v) is 3.19. The summed E-state index contributed by atoms with van der Waals surface area (Å²) in [6, 6.07) is 7.60. The molecule has 21 heavy (non-hydrogen) atoms. The summed E-state index contributed by atoms with van der Waals surface area (Å²) in [5.41, 5.74) is 6.90. The zero-order chi connectivity index (χ0) is 14.8. The highest BCUT2D eigenvalue weighted by Gasteiger charge is 2.13. The maximum Gasteiger partial charge on any atom is 0.231 e. The van der Waals surface area contributed by atoms with Crippen LogP contribution in [-0.2, 0) is 6.54 Å². The van der Waals surface area contributed by atoms with E-state index >= 15 is 0 Å². The minimum absolute atomic E-state index is 0.236. The molecule has 0 atom stereocenters. The van der Waals surface area contributed by atoms with Gasteiger partial charge in [0.1, 0.15) is 17.5 Å². The van der Waals surface area contributed by atoms with Gasteiger partial charge < -0.3 is 20.5 Å². The van der Waals surface area contributed by atoms with Crippen LogP contribution in [0.3, 0.4) is 0 Å². The maximum absolute atomic E-state index is 5.81. The predicted octanol–water partition coefficient (Wildman–Crippen LogP) is 2.52. The summed E-state index contributed by atoms with van der Waals surface area (Å²) in [6.45, 7) is 4.99. The fourth-order valence-electron chi connectivity index (χ4n) is 2.08. The van der Waals surface area contributed by atoms with Gasteiger partial charge in [0, 0.05) is 18.5 Å². The normalized spacial score (nSPS) is 12.7. The van der Waals surface area contributed by atoms with Crippen molar-refractivity contribution in [3.63, 3.8) is 0 Å². The molecule has 0 unspecified atom stereocenters. The Bertz CT molecular complexity index is 658. The lowest BCUT2D eigenvalue weighted by Gasteiger charge is -2.10. The first-order valence-corrected chi connectivity index (χ1v) is 6.88. The van der Waals surface area contributed by atoms with E-state index in [1.807, 2.05) is 32.0 Å². The maximum atomic E-state index is 5.81. The lowest BCUT2D eigenvalue weighted by atomic mass is 10.2. The zero-order valence-electron chi connectivity index (χ0n) is 12.1. The minimum Gasteiger partial charge on any atom is -0.454 e. The van der Waals surface area contributed by atoms with Crippen LogP contribution < -0.4 is 20.5 Å². The topological polar surface area (TPSA) is 82.3 Å². The Labute approximate surface area is 123 Å². The molecule has 110 valence electrons.